The monoisotopic (exact) mass is 679 g/mol. The molecule has 0 aliphatic carbocycles. The minimum Gasteiger partial charge on any atom is -0.309 e. The summed E-state index contributed by atoms with van der Waals surface area (Å²) in [4.78, 5) is 0. The van der Waals surface area contributed by atoms with Gasteiger partial charge in [-0.3, -0.25) is 0 Å². The third kappa shape index (κ3) is 4.61. The first-order valence-corrected chi connectivity index (χ1v) is 20.2. The molecule has 0 saturated carbocycles. The summed E-state index contributed by atoms with van der Waals surface area (Å²) in [5.41, 5.74) is 13.9. The molecule has 52 heavy (non-hydrogen) atoms. The highest BCUT2D eigenvalue weighted by Gasteiger charge is 2.48. The molecule has 9 aromatic rings. The van der Waals surface area contributed by atoms with Gasteiger partial charge in [0.2, 0.25) is 0 Å². The van der Waals surface area contributed by atoms with Crippen LogP contribution in [-0.2, 0) is 0 Å². The maximum Gasteiger partial charge on any atom is 0.180 e. The van der Waals surface area contributed by atoms with Gasteiger partial charge in [0.1, 0.15) is 0 Å². The number of hydrogen-bond donors (Lipinski definition) is 0. The summed E-state index contributed by atoms with van der Waals surface area (Å²) in [6.45, 7) is 4.38. The van der Waals surface area contributed by atoms with E-state index < -0.39 is 8.07 Å². The summed E-state index contributed by atoms with van der Waals surface area (Å²) < 4.78 is 2.47. The fourth-order valence-electron chi connectivity index (χ4n) is 8.82. The van der Waals surface area contributed by atoms with Crippen LogP contribution in [0.25, 0.3) is 60.9 Å². The van der Waals surface area contributed by atoms with Gasteiger partial charge in [0.25, 0.3) is 0 Å². The molecular weight excluding hydrogens is 643 g/mol. The lowest BCUT2D eigenvalue weighted by Crippen LogP contribution is -2.72. The van der Waals surface area contributed by atoms with Crippen LogP contribution in [-0.4, -0.2) is 12.6 Å². The van der Waals surface area contributed by atoms with Crippen LogP contribution in [0, 0.1) is 13.8 Å². The molecule has 8 aromatic carbocycles. The summed E-state index contributed by atoms with van der Waals surface area (Å²) in [7, 11) is -2.71. The van der Waals surface area contributed by atoms with E-state index in [0.717, 1.165) is 0 Å². The lowest BCUT2D eigenvalue weighted by molar-refractivity contribution is 1.18. The number of aromatic nitrogens is 1. The van der Waals surface area contributed by atoms with Crippen LogP contribution in [0.3, 0.4) is 0 Å². The van der Waals surface area contributed by atoms with E-state index in [-0.39, 0.29) is 0 Å². The zero-order valence-electron chi connectivity index (χ0n) is 29.3. The Morgan fingerprint density at radius 3 is 1.37 bits per heavy atom. The number of rotatable bonds is 5. The number of aryl methyl sites for hydroxylation is 2. The standard InChI is InChI=1S/C50H37NSi/c1-34-17-28-47-44(31-34)45-32-35(2)18-29-48(45)51(47)40-23-30-50-46(33-40)43-15-9-10-16-49(43)52(50,41-24-19-38(20-25-41)36-11-5-3-6-12-36)42-26-21-39(22-27-42)37-13-7-4-8-14-37/h3-33H,1-2H3. The first-order valence-electron chi connectivity index (χ1n) is 18.2. The highest BCUT2D eigenvalue weighted by molar-refractivity contribution is 7.22. The molecule has 0 bridgehead atoms. The van der Waals surface area contributed by atoms with Gasteiger partial charge in [0.05, 0.1) is 11.0 Å². The quantitative estimate of drug-likeness (QED) is 0.160. The van der Waals surface area contributed by atoms with Gasteiger partial charge < -0.3 is 4.57 Å². The Balaban J connectivity index is 1.23. The molecule has 2 heterocycles. The van der Waals surface area contributed by atoms with E-state index in [1.807, 2.05) is 0 Å². The number of benzene rings is 8. The molecular formula is C50H37NSi. The molecule has 246 valence electrons. The van der Waals surface area contributed by atoms with Crippen molar-refractivity contribution in [3.63, 3.8) is 0 Å². The van der Waals surface area contributed by atoms with Crippen molar-refractivity contribution in [2.75, 3.05) is 0 Å². The molecule has 0 amide bonds. The van der Waals surface area contributed by atoms with Crippen LogP contribution in [0.4, 0.5) is 0 Å². The summed E-state index contributed by atoms with van der Waals surface area (Å²) in [6, 6.07) is 70.7. The van der Waals surface area contributed by atoms with Gasteiger partial charge in [0.15, 0.2) is 8.07 Å². The summed E-state index contributed by atoms with van der Waals surface area (Å²) in [5, 5.41) is 8.32. The Kier molecular flexibility index (Phi) is 7.02. The van der Waals surface area contributed by atoms with E-state index >= 15 is 0 Å². The molecule has 0 N–H and O–H groups in total. The number of fused-ring (bicyclic) bond motifs is 6. The molecule has 0 fully saturated rings. The molecule has 10 rings (SSSR count). The first kappa shape index (κ1) is 30.6. The first-order chi connectivity index (χ1) is 25.6. The van der Waals surface area contributed by atoms with Crippen molar-refractivity contribution in [1.29, 1.82) is 0 Å². The van der Waals surface area contributed by atoms with Crippen molar-refractivity contribution in [2.45, 2.75) is 13.8 Å². The number of hydrogen-bond acceptors (Lipinski definition) is 0. The average Bonchev–Trinajstić information content (AvgIpc) is 3.68. The van der Waals surface area contributed by atoms with Gasteiger partial charge in [-0.2, -0.15) is 0 Å². The fourth-order valence-corrected chi connectivity index (χ4v) is 13.9. The predicted octanol–water partition coefficient (Wildman–Crippen LogP) is 10.1. The normalized spacial score (nSPS) is 13.0. The Labute approximate surface area is 306 Å². The largest absolute Gasteiger partial charge is 0.309 e. The van der Waals surface area contributed by atoms with Gasteiger partial charge in [-0.05, 0) is 104 Å². The molecule has 0 spiro atoms. The van der Waals surface area contributed by atoms with Crippen molar-refractivity contribution in [3.05, 3.63) is 199 Å². The molecule has 0 saturated heterocycles. The Morgan fingerprint density at radius 1 is 0.365 bits per heavy atom. The second-order valence-electron chi connectivity index (χ2n) is 14.3. The van der Waals surface area contributed by atoms with E-state index in [4.69, 9.17) is 0 Å². The topological polar surface area (TPSA) is 4.93 Å². The van der Waals surface area contributed by atoms with Crippen molar-refractivity contribution in [2.24, 2.45) is 0 Å². The zero-order valence-corrected chi connectivity index (χ0v) is 30.3. The fraction of sp³-hybridized carbons (Fsp3) is 0.0400. The van der Waals surface area contributed by atoms with Crippen LogP contribution in [0.5, 0.6) is 0 Å². The smallest absolute Gasteiger partial charge is 0.180 e. The van der Waals surface area contributed by atoms with E-state index in [0.29, 0.717) is 0 Å². The predicted molar refractivity (Wildman–Crippen MR) is 224 cm³/mol. The molecule has 2 heteroatoms. The lowest BCUT2D eigenvalue weighted by atomic mass is 10.1. The molecule has 1 aliphatic rings. The second-order valence-corrected chi connectivity index (χ2v) is 18.0. The van der Waals surface area contributed by atoms with Crippen molar-refractivity contribution in [1.82, 2.24) is 4.57 Å². The SMILES string of the molecule is Cc1ccc2c(c1)c1cc(C)ccc1n2-c1ccc2c(c1)-c1ccccc1[Si]2(c1ccc(-c2ccccc2)cc1)c1ccc(-c2ccccc2)cc1. The highest BCUT2D eigenvalue weighted by atomic mass is 28.3. The Hall–Kier alpha value is -6.22. The average molecular weight is 680 g/mol. The van der Waals surface area contributed by atoms with Crippen LogP contribution in [0.1, 0.15) is 11.1 Å². The Bertz CT molecular complexity index is 2630. The summed E-state index contributed by atoms with van der Waals surface area (Å²) in [6.07, 6.45) is 0. The van der Waals surface area contributed by atoms with E-state index in [2.05, 4.69) is 206 Å². The zero-order chi connectivity index (χ0) is 34.8. The van der Waals surface area contributed by atoms with Gasteiger partial charge in [-0.1, -0.05) is 163 Å². The van der Waals surface area contributed by atoms with E-state index in [9.17, 15) is 0 Å². The van der Waals surface area contributed by atoms with Gasteiger partial charge >= 0.3 is 0 Å². The van der Waals surface area contributed by atoms with Crippen LogP contribution >= 0.6 is 0 Å². The van der Waals surface area contributed by atoms with Crippen molar-refractivity contribution in [3.8, 4) is 39.1 Å². The molecule has 1 aliphatic heterocycles. The van der Waals surface area contributed by atoms with Crippen molar-refractivity contribution < 1.29 is 0 Å². The second kappa shape index (κ2) is 11.9. The number of nitrogens with zero attached hydrogens (tertiary/aromatic N) is 1. The van der Waals surface area contributed by atoms with Crippen LogP contribution < -0.4 is 20.7 Å². The van der Waals surface area contributed by atoms with Crippen LogP contribution in [0.15, 0.2) is 188 Å². The molecule has 0 unspecified atom stereocenters. The lowest BCUT2D eigenvalue weighted by Gasteiger charge is -2.31. The third-order valence-electron chi connectivity index (χ3n) is 11.2. The third-order valence-corrected chi connectivity index (χ3v) is 16.1. The minimum absolute atomic E-state index is 1.20. The summed E-state index contributed by atoms with van der Waals surface area (Å²) >= 11 is 0. The minimum atomic E-state index is -2.71. The van der Waals surface area contributed by atoms with Gasteiger partial charge in [-0.15, -0.1) is 0 Å². The molecule has 1 nitrogen and oxygen atoms in total. The highest BCUT2D eigenvalue weighted by Crippen LogP contribution is 2.36. The Morgan fingerprint density at radius 2 is 0.827 bits per heavy atom. The van der Waals surface area contributed by atoms with Crippen LogP contribution in [0.2, 0.25) is 0 Å². The molecule has 0 atom stereocenters. The van der Waals surface area contributed by atoms with E-state index in [1.54, 1.807) is 0 Å². The molecule has 1 aromatic heterocycles. The maximum atomic E-state index is 2.47. The van der Waals surface area contributed by atoms with E-state index in [1.165, 1.54) is 92.7 Å². The van der Waals surface area contributed by atoms with Gasteiger partial charge in [-0.25, -0.2) is 0 Å². The van der Waals surface area contributed by atoms with Gasteiger partial charge in [0, 0.05) is 16.5 Å². The maximum absolute atomic E-state index is 2.71. The van der Waals surface area contributed by atoms with Crippen molar-refractivity contribution >= 4 is 50.6 Å². The summed E-state index contributed by atoms with van der Waals surface area (Å²) in [5.74, 6) is 0. The molecule has 0 radical (unpaired) electrons.